The van der Waals surface area contributed by atoms with Gasteiger partial charge in [0.25, 0.3) is 5.91 Å². The number of ether oxygens (including phenoxy) is 1. The highest BCUT2D eigenvalue weighted by Gasteiger charge is 2.25. The summed E-state index contributed by atoms with van der Waals surface area (Å²) in [4.78, 5) is 19.0. The van der Waals surface area contributed by atoms with Crippen molar-refractivity contribution in [3.8, 4) is 17.0 Å². The van der Waals surface area contributed by atoms with Crippen molar-refractivity contribution in [1.82, 2.24) is 9.29 Å². The van der Waals surface area contributed by atoms with E-state index in [2.05, 4.69) is 11.6 Å². The summed E-state index contributed by atoms with van der Waals surface area (Å²) in [6.45, 7) is 8.44. The lowest BCUT2D eigenvalue weighted by atomic mass is 10.2. The molecule has 0 aliphatic rings. The first-order chi connectivity index (χ1) is 16.3. The van der Waals surface area contributed by atoms with Crippen LogP contribution in [-0.4, -0.2) is 43.8 Å². The fourth-order valence-electron chi connectivity index (χ4n) is 3.45. The molecule has 0 atom stereocenters. The van der Waals surface area contributed by atoms with Crippen molar-refractivity contribution in [3.63, 3.8) is 0 Å². The van der Waals surface area contributed by atoms with Gasteiger partial charge in [-0.2, -0.15) is 4.31 Å². The molecule has 1 heterocycles. The number of nitrogens with zero attached hydrogens (tertiary/aromatic N) is 3. The number of hydrogen-bond donors (Lipinski definition) is 0. The minimum absolute atomic E-state index is 0.196. The normalized spacial score (nSPS) is 11.4. The number of methoxy groups -OCH3 is 1. The SMILES string of the molecule is C=CC(=O)N(c1ccc(S(=O)(=O)N(CCC)CCC)cc1)c1nc(-c2ccc(OC)cc2)cs1. The third-order valence-corrected chi connectivity index (χ3v) is 7.88. The van der Waals surface area contributed by atoms with Gasteiger partial charge < -0.3 is 4.74 Å². The molecule has 2 aromatic carbocycles. The molecule has 7 nitrogen and oxygen atoms in total. The lowest BCUT2D eigenvalue weighted by Crippen LogP contribution is -2.32. The number of hydrogen-bond acceptors (Lipinski definition) is 6. The Kier molecular flexibility index (Phi) is 8.60. The number of thiazole rings is 1. The summed E-state index contributed by atoms with van der Waals surface area (Å²) in [7, 11) is -2.00. The second-order valence-corrected chi connectivity index (χ2v) is 10.3. The quantitative estimate of drug-likeness (QED) is 0.326. The molecule has 180 valence electrons. The average molecular weight is 500 g/mol. The van der Waals surface area contributed by atoms with Crippen molar-refractivity contribution in [2.75, 3.05) is 25.1 Å². The van der Waals surface area contributed by atoms with Crippen molar-refractivity contribution < 1.29 is 17.9 Å². The van der Waals surface area contributed by atoms with Crippen LogP contribution in [0.15, 0.2) is 71.5 Å². The van der Waals surface area contributed by atoms with Gasteiger partial charge >= 0.3 is 0 Å². The number of anilines is 2. The van der Waals surface area contributed by atoms with Crippen molar-refractivity contribution in [1.29, 1.82) is 0 Å². The highest BCUT2D eigenvalue weighted by molar-refractivity contribution is 7.89. The Balaban J connectivity index is 1.93. The molecule has 0 N–H and O–H groups in total. The Morgan fingerprint density at radius 2 is 1.68 bits per heavy atom. The number of amides is 1. The predicted octanol–water partition coefficient (Wildman–Crippen LogP) is 5.48. The number of aromatic nitrogens is 1. The summed E-state index contributed by atoms with van der Waals surface area (Å²) >= 11 is 1.32. The fraction of sp³-hybridized carbons (Fsp3) is 0.280. The zero-order chi connectivity index (χ0) is 24.7. The zero-order valence-electron chi connectivity index (χ0n) is 19.6. The molecule has 0 aliphatic carbocycles. The maximum Gasteiger partial charge on any atom is 0.256 e. The van der Waals surface area contributed by atoms with Crippen LogP contribution in [0.3, 0.4) is 0 Å². The molecule has 3 rings (SSSR count). The summed E-state index contributed by atoms with van der Waals surface area (Å²) in [6, 6.07) is 13.8. The van der Waals surface area contributed by atoms with Crippen LogP contribution in [0.5, 0.6) is 5.75 Å². The van der Waals surface area contributed by atoms with E-state index in [4.69, 9.17) is 4.74 Å². The molecule has 0 spiro atoms. The molecule has 0 saturated heterocycles. The first kappa shape index (κ1) is 25.6. The van der Waals surface area contributed by atoms with Crippen LogP contribution in [0, 0.1) is 0 Å². The number of carbonyl (C=O) groups excluding carboxylic acids is 1. The van der Waals surface area contributed by atoms with Gasteiger partial charge in [-0.3, -0.25) is 9.69 Å². The van der Waals surface area contributed by atoms with Gasteiger partial charge in [-0.05, 0) is 67.4 Å². The van der Waals surface area contributed by atoms with Gasteiger partial charge in [0.2, 0.25) is 10.0 Å². The lowest BCUT2D eigenvalue weighted by molar-refractivity contribution is -0.113. The van der Waals surface area contributed by atoms with E-state index in [0.29, 0.717) is 23.9 Å². The van der Waals surface area contributed by atoms with Crippen LogP contribution in [0.1, 0.15) is 26.7 Å². The van der Waals surface area contributed by atoms with E-state index in [1.807, 2.05) is 43.5 Å². The minimum atomic E-state index is -3.61. The third-order valence-electron chi connectivity index (χ3n) is 5.14. The van der Waals surface area contributed by atoms with Crippen molar-refractivity contribution in [2.24, 2.45) is 0 Å². The summed E-state index contributed by atoms with van der Waals surface area (Å²) < 4.78 is 32.8. The second kappa shape index (κ2) is 11.4. The summed E-state index contributed by atoms with van der Waals surface area (Å²) in [5.41, 5.74) is 2.12. The van der Waals surface area contributed by atoms with Crippen LogP contribution >= 0.6 is 11.3 Å². The van der Waals surface area contributed by atoms with Gasteiger partial charge in [0.1, 0.15) is 5.75 Å². The Labute approximate surface area is 205 Å². The first-order valence-corrected chi connectivity index (χ1v) is 13.3. The van der Waals surface area contributed by atoms with E-state index in [9.17, 15) is 13.2 Å². The van der Waals surface area contributed by atoms with Crippen LogP contribution in [0.4, 0.5) is 10.8 Å². The number of rotatable bonds is 11. The van der Waals surface area contributed by atoms with E-state index in [1.54, 1.807) is 19.2 Å². The van der Waals surface area contributed by atoms with Gasteiger partial charge in [0, 0.05) is 24.0 Å². The maximum absolute atomic E-state index is 13.1. The molecule has 0 radical (unpaired) electrons. The largest absolute Gasteiger partial charge is 0.497 e. The van der Waals surface area contributed by atoms with Crippen LogP contribution in [0.2, 0.25) is 0 Å². The van der Waals surface area contributed by atoms with Crippen LogP contribution < -0.4 is 9.64 Å². The number of benzene rings is 2. The molecule has 3 aromatic rings. The molecule has 1 amide bonds. The van der Waals surface area contributed by atoms with Gasteiger partial charge in [0.15, 0.2) is 5.13 Å². The lowest BCUT2D eigenvalue weighted by Gasteiger charge is -2.22. The van der Waals surface area contributed by atoms with Gasteiger partial charge in [-0.25, -0.2) is 13.4 Å². The average Bonchev–Trinajstić information content (AvgIpc) is 3.34. The summed E-state index contributed by atoms with van der Waals surface area (Å²) in [5.74, 6) is 0.388. The van der Waals surface area contributed by atoms with E-state index < -0.39 is 10.0 Å². The molecular formula is C25H29N3O4S2. The van der Waals surface area contributed by atoms with Gasteiger partial charge in [0.05, 0.1) is 23.4 Å². The van der Waals surface area contributed by atoms with Crippen LogP contribution in [-0.2, 0) is 14.8 Å². The fourth-order valence-corrected chi connectivity index (χ4v) is 5.93. The van der Waals surface area contributed by atoms with Gasteiger partial charge in [-0.1, -0.05) is 20.4 Å². The molecule has 0 fully saturated rings. The molecule has 9 heteroatoms. The highest BCUT2D eigenvalue weighted by atomic mass is 32.2. The summed E-state index contributed by atoms with van der Waals surface area (Å²) in [5, 5.41) is 2.33. The van der Waals surface area contributed by atoms with Gasteiger partial charge in [-0.15, -0.1) is 11.3 Å². The molecular weight excluding hydrogens is 470 g/mol. The Hall–Kier alpha value is -3.01. The maximum atomic E-state index is 13.1. The predicted molar refractivity (Wildman–Crippen MR) is 137 cm³/mol. The van der Waals surface area contributed by atoms with Crippen LogP contribution in [0.25, 0.3) is 11.3 Å². The minimum Gasteiger partial charge on any atom is -0.497 e. The Morgan fingerprint density at radius 3 is 2.21 bits per heavy atom. The smallest absolute Gasteiger partial charge is 0.256 e. The first-order valence-electron chi connectivity index (χ1n) is 11.0. The van der Waals surface area contributed by atoms with E-state index in [1.165, 1.54) is 38.8 Å². The molecule has 0 aliphatic heterocycles. The zero-order valence-corrected chi connectivity index (χ0v) is 21.2. The topological polar surface area (TPSA) is 79.8 Å². The highest BCUT2D eigenvalue weighted by Crippen LogP contribution is 2.33. The van der Waals surface area contributed by atoms with E-state index >= 15 is 0 Å². The molecule has 1 aromatic heterocycles. The van der Waals surface area contributed by atoms with E-state index in [0.717, 1.165) is 29.8 Å². The third kappa shape index (κ3) is 5.55. The van der Waals surface area contributed by atoms with Crippen molar-refractivity contribution >= 4 is 38.1 Å². The van der Waals surface area contributed by atoms with E-state index in [-0.39, 0.29) is 10.8 Å². The Bertz CT molecular complexity index is 1210. The number of sulfonamides is 1. The second-order valence-electron chi connectivity index (χ2n) is 7.52. The Morgan fingerprint density at radius 1 is 1.06 bits per heavy atom. The molecule has 0 bridgehead atoms. The van der Waals surface area contributed by atoms with Crippen molar-refractivity contribution in [2.45, 2.75) is 31.6 Å². The van der Waals surface area contributed by atoms with Crippen molar-refractivity contribution in [3.05, 3.63) is 66.6 Å². The summed E-state index contributed by atoms with van der Waals surface area (Å²) in [6.07, 6.45) is 2.68. The molecule has 34 heavy (non-hydrogen) atoms. The standard InChI is InChI=1S/C25H29N3O4S2/c1-5-16-27(17-6-2)34(30,31)22-14-10-20(11-15-22)28(24(29)7-3)25-26-23(18-33-25)19-8-12-21(32-4)13-9-19/h7-15,18H,3,5-6,16-17H2,1-2,4H3. The monoisotopic (exact) mass is 499 g/mol. The number of carbonyl (C=O) groups is 1. The molecule has 0 saturated carbocycles. The molecule has 0 unspecified atom stereocenters.